The van der Waals surface area contributed by atoms with Crippen LogP contribution >= 0.6 is 0 Å². The molecular formula is C3H8BNaO6. The summed E-state index contributed by atoms with van der Waals surface area (Å²) in [4.78, 5) is 0. The minimum absolute atomic E-state index is 0. The van der Waals surface area contributed by atoms with Crippen molar-refractivity contribution in [2.45, 2.75) is 6.29 Å². The van der Waals surface area contributed by atoms with E-state index in [2.05, 4.69) is 4.65 Å². The Kier molecular flexibility index (Phi) is 8.69. The Hall–Kier alpha value is 0.245. The molecule has 8 heteroatoms. The molecular weight excluding hydrogens is 166 g/mol. The Morgan fingerprint density at radius 3 is 2.18 bits per heavy atom. The first-order valence-electron chi connectivity index (χ1n) is 2.31. The molecule has 0 fully saturated rings. The predicted octanol–water partition coefficient (Wildman–Crippen LogP) is -2.40. The third-order valence-electron chi connectivity index (χ3n) is 0.636. The molecule has 0 aromatic heterocycles. The van der Waals surface area contributed by atoms with Gasteiger partial charge in [-0.2, -0.15) is 0 Å². The summed E-state index contributed by atoms with van der Waals surface area (Å²) in [5.41, 5.74) is 0. The molecule has 1 unspecified atom stereocenters. The summed E-state index contributed by atoms with van der Waals surface area (Å²) in [7, 11) is -2.20. The number of aliphatic hydroxyl groups is 3. The van der Waals surface area contributed by atoms with Crippen LogP contribution in [0.4, 0.5) is 0 Å². The van der Waals surface area contributed by atoms with Crippen molar-refractivity contribution in [1.82, 2.24) is 0 Å². The maximum absolute atomic E-state index is 8.47. The van der Waals surface area contributed by atoms with E-state index < -0.39 is 19.4 Å². The molecule has 0 radical (unpaired) electrons. The first-order valence-corrected chi connectivity index (χ1v) is 2.31. The van der Waals surface area contributed by atoms with E-state index in [1.54, 1.807) is 0 Å². The van der Waals surface area contributed by atoms with Crippen LogP contribution in [0.5, 0.6) is 0 Å². The van der Waals surface area contributed by atoms with Crippen LogP contribution in [-0.4, -0.2) is 68.5 Å². The fourth-order valence-electron chi connectivity index (χ4n) is 0.249. The van der Waals surface area contributed by atoms with Crippen LogP contribution in [0.3, 0.4) is 0 Å². The van der Waals surface area contributed by atoms with E-state index >= 15 is 0 Å². The van der Waals surface area contributed by atoms with Crippen LogP contribution in [-0.2, 0) is 4.65 Å². The standard InChI is InChI=1S/C3H7BO6.Na.H/c5-1-2(6)3(7)10-4(8)9;;/h1,3,5-9H;;. The fraction of sp³-hybridized carbons (Fsp3) is 0.333. The SMILES string of the molecule is OC=C(O)C(O)OB(O)O.[NaH]. The van der Waals surface area contributed by atoms with E-state index in [-0.39, 0.29) is 35.8 Å². The van der Waals surface area contributed by atoms with Gasteiger partial charge in [0, 0.05) is 0 Å². The van der Waals surface area contributed by atoms with Crippen molar-refractivity contribution in [3.8, 4) is 0 Å². The maximum atomic E-state index is 8.47. The molecule has 0 aliphatic rings. The van der Waals surface area contributed by atoms with Gasteiger partial charge < -0.3 is 30.0 Å². The third kappa shape index (κ3) is 6.64. The van der Waals surface area contributed by atoms with Gasteiger partial charge >= 0.3 is 36.9 Å². The number of hydrogen-bond donors (Lipinski definition) is 5. The third-order valence-corrected chi connectivity index (χ3v) is 0.636. The van der Waals surface area contributed by atoms with Crippen molar-refractivity contribution in [2.75, 3.05) is 0 Å². The zero-order valence-electron chi connectivity index (χ0n) is 4.88. The summed E-state index contributed by atoms with van der Waals surface area (Å²) in [5, 5.41) is 40.9. The molecule has 0 amide bonds. The van der Waals surface area contributed by atoms with Crippen LogP contribution < -0.4 is 0 Å². The van der Waals surface area contributed by atoms with Crippen molar-refractivity contribution in [2.24, 2.45) is 0 Å². The molecule has 0 saturated carbocycles. The van der Waals surface area contributed by atoms with Gasteiger partial charge in [-0.25, -0.2) is 0 Å². The molecule has 0 rings (SSSR count). The van der Waals surface area contributed by atoms with Crippen molar-refractivity contribution in [3.63, 3.8) is 0 Å². The molecule has 0 saturated heterocycles. The van der Waals surface area contributed by atoms with Crippen molar-refractivity contribution in [1.29, 1.82) is 0 Å². The van der Waals surface area contributed by atoms with Crippen LogP contribution in [0.25, 0.3) is 0 Å². The topological polar surface area (TPSA) is 110 Å². The van der Waals surface area contributed by atoms with Gasteiger partial charge in [-0.05, 0) is 0 Å². The quantitative estimate of drug-likeness (QED) is 0.185. The zero-order valence-corrected chi connectivity index (χ0v) is 4.88. The summed E-state index contributed by atoms with van der Waals surface area (Å²) in [5.74, 6) is -0.909. The minimum atomic E-state index is -2.20. The van der Waals surface area contributed by atoms with Crippen molar-refractivity contribution in [3.05, 3.63) is 12.0 Å². The van der Waals surface area contributed by atoms with Crippen LogP contribution in [0.15, 0.2) is 12.0 Å². The van der Waals surface area contributed by atoms with Crippen LogP contribution in [0.2, 0.25) is 0 Å². The molecule has 0 aliphatic heterocycles. The van der Waals surface area contributed by atoms with Gasteiger partial charge in [-0.1, -0.05) is 0 Å². The molecule has 0 aromatic rings. The Bertz CT molecular complexity index is 127. The molecule has 1 atom stereocenters. The van der Waals surface area contributed by atoms with E-state index in [1.165, 1.54) is 0 Å². The van der Waals surface area contributed by atoms with Crippen molar-refractivity contribution < 1.29 is 30.0 Å². The summed E-state index contributed by atoms with van der Waals surface area (Å²) in [6.45, 7) is 0. The molecule has 0 heterocycles. The van der Waals surface area contributed by atoms with Crippen LogP contribution in [0, 0.1) is 0 Å². The Morgan fingerprint density at radius 1 is 1.45 bits per heavy atom. The predicted molar refractivity (Wildman–Crippen MR) is 37.8 cm³/mol. The fourth-order valence-corrected chi connectivity index (χ4v) is 0.249. The first-order chi connectivity index (χ1) is 4.57. The van der Waals surface area contributed by atoms with Gasteiger partial charge in [-0.15, -0.1) is 0 Å². The van der Waals surface area contributed by atoms with E-state index in [1.807, 2.05) is 0 Å². The van der Waals surface area contributed by atoms with Crippen LogP contribution in [0.1, 0.15) is 0 Å². The monoisotopic (exact) mass is 174 g/mol. The molecule has 5 N–H and O–H groups in total. The second kappa shape index (κ2) is 6.92. The van der Waals surface area contributed by atoms with Gasteiger partial charge in [0.2, 0.25) is 6.29 Å². The Balaban J connectivity index is 0. The molecule has 0 aliphatic carbocycles. The van der Waals surface area contributed by atoms with Gasteiger partial charge in [0.15, 0.2) is 5.76 Å². The average molecular weight is 174 g/mol. The first kappa shape index (κ1) is 13.8. The molecule has 0 spiro atoms. The normalized spacial score (nSPS) is 13.5. The van der Waals surface area contributed by atoms with Crippen molar-refractivity contribution >= 4 is 36.9 Å². The summed E-state index contributed by atoms with van der Waals surface area (Å²) in [6, 6.07) is 0. The summed E-state index contributed by atoms with van der Waals surface area (Å²) >= 11 is 0. The molecule has 0 aromatic carbocycles. The summed E-state index contributed by atoms with van der Waals surface area (Å²) < 4.78 is 3.79. The zero-order chi connectivity index (χ0) is 8.15. The van der Waals surface area contributed by atoms with E-state index in [9.17, 15) is 0 Å². The number of hydrogen-bond acceptors (Lipinski definition) is 6. The second-order valence-corrected chi connectivity index (χ2v) is 1.37. The van der Waals surface area contributed by atoms with E-state index in [0.29, 0.717) is 0 Å². The number of rotatable bonds is 3. The van der Waals surface area contributed by atoms with E-state index in [0.717, 1.165) is 0 Å². The summed E-state index contributed by atoms with van der Waals surface area (Å²) in [6.07, 6.45) is -1.75. The molecule has 0 bridgehead atoms. The molecule has 60 valence electrons. The number of aliphatic hydroxyl groups excluding tert-OH is 3. The van der Waals surface area contributed by atoms with Gasteiger partial charge in [0.05, 0.1) is 0 Å². The van der Waals surface area contributed by atoms with Gasteiger partial charge in [0.25, 0.3) is 0 Å². The van der Waals surface area contributed by atoms with Gasteiger partial charge in [-0.3, -0.25) is 0 Å². The Morgan fingerprint density at radius 2 is 1.91 bits per heavy atom. The Labute approximate surface area is 85.2 Å². The molecule has 11 heavy (non-hydrogen) atoms. The molecule has 6 nitrogen and oxygen atoms in total. The van der Waals surface area contributed by atoms with E-state index in [4.69, 9.17) is 25.4 Å². The van der Waals surface area contributed by atoms with Gasteiger partial charge in [0.1, 0.15) is 6.26 Å². The second-order valence-electron chi connectivity index (χ2n) is 1.37. The average Bonchev–Trinajstić information content (AvgIpc) is 1.85.